The standard InChI is InChI=1S/C20H16O/c1-13-9-10-20(21)19(11-13)17-8-4-7-16-15-6-3-2-5-14(15)12-18(16)17/h2-11,21H,12H2,1H3. The molecule has 0 fully saturated rings. The molecule has 1 heteroatoms. The van der Waals surface area contributed by atoms with E-state index in [1.807, 2.05) is 6.07 Å². The first kappa shape index (κ1) is 12.2. The first-order valence-electron chi connectivity index (χ1n) is 7.24. The van der Waals surface area contributed by atoms with Gasteiger partial charge in [-0.1, -0.05) is 54.1 Å². The van der Waals surface area contributed by atoms with Gasteiger partial charge in [0.2, 0.25) is 0 Å². The maximum absolute atomic E-state index is 10.2. The molecule has 0 atom stereocenters. The highest BCUT2D eigenvalue weighted by Crippen LogP contribution is 2.43. The lowest BCUT2D eigenvalue weighted by molar-refractivity contribution is 0.477. The summed E-state index contributed by atoms with van der Waals surface area (Å²) < 4.78 is 0. The lowest BCUT2D eigenvalue weighted by Gasteiger charge is -2.11. The fourth-order valence-corrected chi connectivity index (χ4v) is 3.28. The van der Waals surface area contributed by atoms with E-state index >= 15 is 0 Å². The summed E-state index contributed by atoms with van der Waals surface area (Å²) in [6.45, 7) is 2.06. The molecule has 0 saturated carbocycles. The third kappa shape index (κ3) is 1.85. The topological polar surface area (TPSA) is 20.2 Å². The van der Waals surface area contributed by atoms with Crippen molar-refractivity contribution in [2.24, 2.45) is 0 Å². The van der Waals surface area contributed by atoms with Gasteiger partial charge in [0.25, 0.3) is 0 Å². The molecule has 0 radical (unpaired) electrons. The van der Waals surface area contributed by atoms with Crippen molar-refractivity contribution in [3.63, 3.8) is 0 Å². The van der Waals surface area contributed by atoms with Gasteiger partial charge in [0, 0.05) is 5.56 Å². The first-order valence-corrected chi connectivity index (χ1v) is 7.24. The second-order valence-electron chi connectivity index (χ2n) is 5.69. The molecule has 0 saturated heterocycles. The second kappa shape index (κ2) is 4.49. The Morgan fingerprint density at radius 1 is 0.762 bits per heavy atom. The van der Waals surface area contributed by atoms with Gasteiger partial charge in [-0.2, -0.15) is 0 Å². The van der Waals surface area contributed by atoms with Crippen LogP contribution < -0.4 is 0 Å². The monoisotopic (exact) mass is 272 g/mol. The molecule has 0 spiro atoms. The number of phenolic OH excluding ortho intramolecular Hbond substituents is 1. The van der Waals surface area contributed by atoms with Crippen LogP contribution in [0.3, 0.4) is 0 Å². The van der Waals surface area contributed by atoms with Crippen LogP contribution in [-0.4, -0.2) is 5.11 Å². The van der Waals surface area contributed by atoms with E-state index in [0.29, 0.717) is 5.75 Å². The Morgan fingerprint density at radius 2 is 1.48 bits per heavy atom. The van der Waals surface area contributed by atoms with Crippen molar-refractivity contribution >= 4 is 0 Å². The van der Waals surface area contributed by atoms with E-state index in [9.17, 15) is 5.11 Å². The molecule has 3 aromatic rings. The smallest absolute Gasteiger partial charge is 0.123 e. The van der Waals surface area contributed by atoms with Gasteiger partial charge >= 0.3 is 0 Å². The minimum Gasteiger partial charge on any atom is -0.507 e. The third-order valence-corrected chi connectivity index (χ3v) is 4.29. The molecule has 1 aliphatic rings. The van der Waals surface area contributed by atoms with Crippen LogP contribution in [0, 0.1) is 6.92 Å². The van der Waals surface area contributed by atoms with Crippen LogP contribution in [0.2, 0.25) is 0 Å². The molecule has 21 heavy (non-hydrogen) atoms. The molecule has 1 N–H and O–H groups in total. The Labute approximate surface area is 124 Å². The number of phenols is 1. The number of rotatable bonds is 1. The summed E-state index contributed by atoms with van der Waals surface area (Å²) in [5.74, 6) is 0.352. The largest absolute Gasteiger partial charge is 0.507 e. The van der Waals surface area contributed by atoms with Crippen LogP contribution in [0.5, 0.6) is 5.75 Å². The number of hydrogen-bond donors (Lipinski definition) is 1. The summed E-state index contributed by atoms with van der Waals surface area (Å²) in [6.07, 6.45) is 0.940. The normalized spacial score (nSPS) is 12.0. The molecule has 0 heterocycles. The van der Waals surface area contributed by atoms with Crippen LogP contribution in [0.1, 0.15) is 16.7 Å². The highest BCUT2D eigenvalue weighted by molar-refractivity contribution is 5.86. The number of benzene rings is 3. The third-order valence-electron chi connectivity index (χ3n) is 4.29. The molecule has 1 aliphatic carbocycles. The average molecular weight is 272 g/mol. The lowest BCUT2D eigenvalue weighted by Crippen LogP contribution is -1.89. The van der Waals surface area contributed by atoms with Crippen LogP contribution in [0.4, 0.5) is 0 Å². The number of hydrogen-bond acceptors (Lipinski definition) is 1. The van der Waals surface area contributed by atoms with Crippen LogP contribution in [0.15, 0.2) is 60.7 Å². The summed E-state index contributed by atoms with van der Waals surface area (Å²) in [6, 6.07) is 20.7. The van der Waals surface area contributed by atoms with Gasteiger partial charge in [0.15, 0.2) is 0 Å². The minimum absolute atomic E-state index is 0.352. The zero-order valence-corrected chi connectivity index (χ0v) is 11.9. The van der Waals surface area contributed by atoms with Crippen LogP contribution >= 0.6 is 0 Å². The van der Waals surface area contributed by atoms with Gasteiger partial charge in [-0.15, -0.1) is 0 Å². The molecule has 0 aliphatic heterocycles. The van der Waals surface area contributed by atoms with Crippen molar-refractivity contribution in [3.05, 3.63) is 77.4 Å². The van der Waals surface area contributed by atoms with Crippen molar-refractivity contribution < 1.29 is 5.11 Å². The van der Waals surface area contributed by atoms with Crippen LogP contribution in [-0.2, 0) is 6.42 Å². The zero-order chi connectivity index (χ0) is 14.4. The molecular weight excluding hydrogens is 256 g/mol. The lowest BCUT2D eigenvalue weighted by atomic mass is 9.94. The second-order valence-corrected chi connectivity index (χ2v) is 5.69. The Balaban J connectivity index is 1.96. The summed E-state index contributed by atoms with van der Waals surface area (Å²) in [5, 5.41) is 10.2. The van der Waals surface area contributed by atoms with Crippen LogP contribution in [0.25, 0.3) is 22.3 Å². The van der Waals surface area contributed by atoms with Gasteiger partial charge < -0.3 is 5.11 Å². The fourth-order valence-electron chi connectivity index (χ4n) is 3.28. The van der Waals surface area contributed by atoms with Gasteiger partial charge in [-0.25, -0.2) is 0 Å². The Morgan fingerprint density at radius 3 is 2.33 bits per heavy atom. The maximum atomic E-state index is 10.2. The summed E-state index contributed by atoms with van der Waals surface area (Å²) in [7, 11) is 0. The average Bonchev–Trinajstić information content (AvgIpc) is 2.88. The Bertz CT molecular complexity index is 846. The van der Waals surface area contributed by atoms with Gasteiger partial charge in [0.1, 0.15) is 5.75 Å². The maximum Gasteiger partial charge on any atom is 0.123 e. The first-order chi connectivity index (χ1) is 10.2. The van der Waals surface area contributed by atoms with Crippen molar-refractivity contribution in [2.45, 2.75) is 13.3 Å². The highest BCUT2D eigenvalue weighted by atomic mass is 16.3. The number of aryl methyl sites for hydroxylation is 1. The highest BCUT2D eigenvalue weighted by Gasteiger charge is 2.21. The van der Waals surface area contributed by atoms with E-state index in [-0.39, 0.29) is 0 Å². The van der Waals surface area contributed by atoms with E-state index in [2.05, 4.69) is 55.5 Å². The fraction of sp³-hybridized carbons (Fsp3) is 0.100. The Hall–Kier alpha value is -2.54. The van der Waals surface area contributed by atoms with E-state index in [1.165, 1.54) is 22.3 Å². The molecule has 102 valence electrons. The summed E-state index contributed by atoms with van der Waals surface area (Å²) in [5.41, 5.74) is 8.54. The molecule has 0 aromatic heterocycles. The van der Waals surface area contributed by atoms with E-state index < -0.39 is 0 Å². The van der Waals surface area contributed by atoms with Crippen molar-refractivity contribution in [2.75, 3.05) is 0 Å². The van der Waals surface area contributed by atoms with Gasteiger partial charge in [-0.05, 0) is 53.3 Å². The van der Waals surface area contributed by atoms with E-state index in [1.54, 1.807) is 6.07 Å². The predicted molar refractivity (Wildman–Crippen MR) is 86.5 cm³/mol. The summed E-state index contributed by atoms with van der Waals surface area (Å²) in [4.78, 5) is 0. The Kier molecular flexibility index (Phi) is 2.61. The summed E-state index contributed by atoms with van der Waals surface area (Å²) >= 11 is 0. The number of aromatic hydroxyl groups is 1. The molecule has 4 rings (SSSR count). The van der Waals surface area contributed by atoms with E-state index in [4.69, 9.17) is 0 Å². The van der Waals surface area contributed by atoms with E-state index in [0.717, 1.165) is 23.1 Å². The molecule has 0 amide bonds. The molecular formula is C20H16O. The van der Waals surface area contributed by atoms with Gasteiger partial charge in [-0.3, -0.25) is 0 Å². The van der Waals surface area contributed by atoms with Gasteiger partial charge in [0.05, 0.1) is 0 Å². The molecule has 1 nitrogen and oxygen atoms in total. The molecule has 0 bridgehead atoms. The molecule has 0 unspecified atom stereocenters. The minimum atomic E-state index is 0.352. The van der Waals surface area contributed by atoms with Crippen molar-refractivity contribution in [1.29, 1.82) is 0 Å². The zero-order valence-electron chi connectivity index (χ0n) is 11.9. The SMILES string of the molecule is Cc1ccc(O)c(-c2cccc3c2Cc2ccccc2-3)c1. The predicted octanol–water partition coefficient (Wildman–Crippen LogP) is 4.94. The van der Waals surface area contributed by atoms with Crippen molar-refractivity contribution in [1.82, 2.24) is 0 Å². The van der Waals surface area contributed by atoms with Crippen molar-refractivity contribution in [3.8, 4) is 28.0 Å². The quantitative estimate of drug-likeness (QED) is 0.520. The number of fused-ring (bicyclic) bond motifs is 3. The molecule has 3 aromatic carbocycles.